The summed E-state index contributed by atoms with van der Waals surface area (Å²) in [6, 6.07) is 4.31. The van der Waals surface area contributed by atoms with Crippen LogP contribution in [0.25, 0.3) is 0 Å². The molecule has 1 aliphatic rings. The fraction of sp³-hybridized carbons (Fsp3) is 0.583. The summed E-state index contributed by atoms with van der Waals surface area (Å²) in [5.41, 5.74) is 1.37. The number of aromatic nitrogens is 1. The molecule has 0 saturated carbocycles. The first-order valence-electron chi connectivity index (χ1n) is 5.68. The van der Waals surface area contributed by atoms with Gasteiger partial charge in [-0.05, 0) is 31.2 Å². The van der Waals surface area contributed by atoms with Gasteiger partial charge in [-0.3, -0.25) is 0 Å². The van der Waals surface area contributed by atoms with E-state index >= 15 is 0 Å². The highest BCUT2D eigenvalue weighted by molar-refractivity contribution is 5.41. The quantitative estimate of drug-likeness (QED) is 0.727. The molecule has 0 bridgehead atoms. The SMILES string of the molecule is CCc1ccnc(N2CCN(C)CC2)c1. The minimum Gasteiger partial charge on any atom is -0.354 e. The average molecular weight is 205 g/mol. The largest absolute Gasteiger partial charge is 0.354 e. The summed E-state index contributed by atoms with van der Waals surface area (Å²) in [5, 5.41) is 0. The normalized spacial score (nSPS) is 18.1. The van der Waals surface area contributed by atoms with Crippen LogP contribution < -0.4 is 4.90 Å². The standard InChI is InChI=1S/C12H19N3/c1-3-11-4-5-13-12(10-11)15-8-6-14(2)7-9-15/h4-5,10H,3,6-9H2,1-2H3. The molecule has 15 heavy (non-hydrogen) atoms. The smallest absolute Gasteiger partial charge is 0.128 e. The molecule has 1 aliphatic heterocycles. The molecule has 0 aliphatic carbocycles. The molecule has 0 radical (unpaired) electrons. The Hall–Kier alpha value is -1.09. The average Bonchev–Trinajstić information content (AvgIpc) is 2.30. The zero-order valence-electron chi connectivity index (χ0n) is 9.61. The van der Waals surface area contributed by atoms with Crippen molar-refractivity contribution >= 4 is 5.82 Å². The first-order chi connectivity index (χ1) is 7.29. The van der Waals surface area contributed by atoms with E-state index in [1.165, 1.54) is 5.56 Å². The number of hydrogen-bond donors (Lipinski definition) is 0. The van der Waals surface area contributed by atoms with Gasteiger partial charge in [-0.1, -0.05) is 6.92 Å². The van der Waals surface area contributed by atoms with Crippen LogP contribution in [0.1, 0.15) is 12.5 Å². The Balaban J connectivity index is 2.08. The van der Waals surface area contributed by atoms with Crippen LogP contribution in [-0.4, -0.2) is 43.1 Å². The van der Waals surface area contributed by atoms with Gasteiger partial charge < -0.3 is 9.80 Å². The van der Waals surface area contributed by atoms with Gasteiger partial charge in [-0.15, -0.1) is 0 Å². The van der Waals surface area contributed by atoms with Gasteiger partial charge in [-0.25, -0.2) is 4.98 Å². The third kappa shape index (κ3) is 2.48. The third-order valence-corrected chi connectivity index (χ3v) is 3.05. The van der Waals surface area contributed by atoms with E-state index < -0.39 is 0 Å². The highest BCUT2D eigenvalue weighted by atomic mass is 15.3. The monoisotopic (exact) mass is 205 g/mol. The molecule has 0 N–H and O–H groups in total. The van der Waals surface area contributed by atoms with E-state index in [4.69, 9.17) is 0 Å². The van der Waals surface area contributed by atoms with Gasteiger partial charge >= 0.3 is 0 Å². The fourth-order valence-corrected chi connectivity index (χ4v) is 1.89. The highest BCUT2D eigenvalue weighted by Crippen LogP contribution is 2.14. The number of pyridine rings is 1. The molecule has 1 fully saturated rings. The molecule has 1 aromatic heterocycles. The van der Waals surface area contributed by atoms with Gasteiger partial charge in [0.05, 0.1) is 0 Å². The summed E-state index contributed by atoms with van der Waals surface area (Å²) in [4.78, 5) is 9.18. The number of hydrogen-bond acceptors (Lipinski definition) is 3. The van der Waals surface area contributed by atoms with Crippen LogP contribution in [0.2, 0.25) is 0 Å². The molecule has 2 rings (SSSR count). The summed E-state index contributed by atoms with van der Waals surface area (Å²) >= 11 is 0. The van der Waals surface area contributed by atoms with Gasteiger partial charge in [-0.2, -0.15) is 0 Å². The molecule has 3 heteroatoms. The Labute approximate surface area is 91.7 Å². The van der Waals surface area contributed by atoms with E-state index in [0.717, 1.165) is 38.4 Å². The van der Waals surface area contributed by atoms with Crippen LogP contribution in [0.3, 0.4) is 0 Å². The van der Waals surface area contributed by atoms with Gasteiger partial charge in [0.1, 0.15) is 5.82 Å². The van der Waals surface area contributed by atoms with Gasteiger partial charge in [0.2, 0.25) is 0 Å². The molecular formula is C12H19N3. The van der Waals surface area contributed by atoms with E-state index in [1.54, 1.807) is 0 Å². The Morgan fingerprint density at radius 2 is 2.00 bits per heavy atom. The Morgan fingerprint density at radius 3 is 2.67 bits per heavy atom. The topological polar surface area (TPSA) is 19.4 Å². The number of rotatable bonds is 2. The van der Waals surface area contributed by atoms with E-state index in [0.29, 0.717) is 0 Å². The van der Waals surface area contributed by atoms with E-state index in [9.17, 15) is 0 Å². The molecular weight excluding hydrogens is 186 g/mol. The van der Waals surface area contributed by atoms with E-state index in [2.05, 4.69) is 40.9 Å². The maximum atomic E-state index is 4.44. The molecule has 0 unspecified atom stereocenters. The van der Waals surface area contributed by atoms with Crippen LogP contribution in [0, 0.1) is 0 Å². The van der Waals surface area contributed by atoms with Crippen LogP contribution in [0.5, 0.6) is 0 Å². The Kier molecular flexibility index (Phi) is 3.21. The van der Waals surface area contributed by atoms with Crippen LogP contribution in [-0.2, 0) is 6.42 Å². The van der Waals surface area contributed by atoms with Crippen molar-refractivity contribution in [1.29, 1.82) is 0 Å². The second kappa shape index (κ2) is 4.62. The number of nitrogens with zero attached hydrogens (tertiary/aromatic N) is 3. The molecule has 0 spiro atoms. The summed E-state index contributed by atoms with van der Waals surface area (Å²) in [6.07, 6.45) is 3.01. The minimum absolute atomic E-state index is 1.09. The third-order valence-electron chi connectivity index (χ3n) is 3.05. The lowest BCUT2D eigenvalue weighted by molar-refractivity contribution is 0.312. The number of aryl methyl sites for hydroxylation is 1. The highest BCUT2D eigenvalue weighted by Gasteiger charge is 2.14. The maximum absolute atomic E-state index is 4.44. The van der Waals surface area contributed by atoms with Crippen molar-refractivity contribution in [3.05, 3.63) is 23.9 Å². The molecule has 0 amide bonds. The molecule has 3 nitrogen and oxygen atoms in total. The summed E-state index contributed by atoms with van der Waals surface area (Å²) in [7, 11) is 2.17. The maximum Gasteiger partial charge on any atom is 0.128 e. The summed E-state index contributed by atoms with van der Waals surface area (Å²) in [5.74, 6) is 1.14. The van der Waals surface area contributed by atoms with Crippen molar-refractivity contribution in [3.63, 3.8) is 0 Å². The van der Waals surface area contributed by atoms with Crippen LogP contribution in [0.15, 0.2) is 18.3 Å². The molecule has 2 heterocycles. The number of anilines is 1. The van der Waals surface area contributed by atoms with E-state index in [-0.39, 0.29) is 0 Å². The van der Waals surface area contributed by atoms with Crippen molar-refractivity contribution in [2.75, 3.05) is 38.1 Å². The second-order valence-corrected chi connectivity index (χ2v) is 4.17. The summed E-state index contributed by atoms with van der Waals surface area (Å²) in [6.45, 7) is 6.65. The fourth-order valence-electron chi connectivity index (χ4n) is 1.89. The first kappa shape index (κ1) is 10.4. The lowest BCUT2D eigenvalue weighted by Gasteiger charge is -2.33. The molecule has 1 aromatic rings. The Morgan fingerprint density at radius 1 is 1.27 bits per heavy atom. The zero-order chi connectivity index (χ0) is 10.7. The minimum atomic E-state index is 1.09. The van der Waals surface area contributed by atoms with Crippen molar-refractivity contribution in [1.82, 2.24) is 9.88 Å². The number of likely N-dealkylation sites (N-methyl/N-ethyl adjacent to an activating group) is 1. The lowest BCUT2D eigenvalue weighted by Crippen LogP contribution is -2.44. The second-order valence-electron chi connectivity index (χ2n) is 4.17. The van der Waals surface area contributed by atoms with Crippen molar-refractivity contribution < 1.29 is 0 Å². The van der Waals surface area contributed by atoms with Crippen LogP contribution in [0.4, 0.5) is 5.82 Å². The predicted molar refractivity (Wildman–Crippen MR) is 63.3 cm³/mol. The zero-order valence-corrected chi connectivity index (χ0v) is 9.61. The van der Waals surface area contributed by atoms with Crippen molar-refractivity contribution in [3.8, 4) is 0 Å². The predicted octanol–water partition coefficient (Wildman–Crippen LogP) is 1.40. The molecule has 82 valence electrons. The van der Waals surface area contributed by atoms with Crippen molar-refractivity contribution in [2.24, 2.45) is 0 Å². The number of piperazine rings is 1. The van der Waals surface area contributed by atoms with Gasteiger partial charge in [0, 0.05) is 32.4 Å². The van der Waals surface area contributed by atoms with Crippen LogP contribution >= 0.6 is 0 Å². The van der Waals surface area contributed by atoms with Crippen molar-refractivity contribution in [2.45, 2.75) is 13.3 Å². The first-order valence-corrected chi connectivity index (χ1v) is 5.68. The lowest BCUT2D eigenvalue weighted by atomic mass is 10.2. The van der Waals surface area contributed by atoms with E-state index in [1.807, 2.05) is 6.20 Å². The Bertz CT molecular complexity index is 316. The molecule has 1 saturated heterocycles. The van der Waals surface area contributed by atoms with Gasteiger partial charge in [0.15, 0.2) is 0 Å². The summed E-state index contributed by atoms with van der Waals surface area (Å²) < 4.78 is 0. The molecule has 0 atom stereocenters. The van der Waals surface area contributed by atoms with Gasteiger partial charge in [0.25, 0.3) is 0 Å². The molecule has 0 aromatic carbocycles.